The molecule has 134 valence electrons. The van der Waals surface area contributed by atoms with Crippen molar-refractivity contribution in [2.75, 3.05) is 11.1 Å². The Morgan fingerprint density at radius 3 is 2.81 bits per heavy atom. The number of carbonyl (C=O) groups is 1. The third-order valence-corrected chi connectivity index (χ3v) is 3.99. The number of nitrogen functional groups attached to an aromatic ring is 1. The van der Waals surface area contributed by atoms with E-state index in [4.69, 9.17) is 5.73 Å². The molecule has 27 heavy (non-hydrogen) atoms. The molecular formula is C18H12F2N6O. The number of pyridine rings is 1. The summed E-state index contributed by atoms with van der Waals surface area (Å²) in [7, 11) is 0. The van der Waals surface area contributed by atoms with Gasteiger partial charge in [0.25, 0.3) is 0 Å². The van der Waals surface area contributed by atoms with E-state index in [0.717, 1.165) is 12.1 Å². The van der Waals surface area contributed by atoms with Crippen LogP contribution < -0.4 is 11.1 Å². The fourth-order valence-electron chi connectivity index (χ4n) is 2.72. The number of ketones is 1. The Hall–Kier alpha value is -3.88. The van der Waals surface area contributed by atoms with E-state index in [2.05, 4.69) is 25.3 Å². The summed E-state index contributed by atoms with van der Waals surface area (Å²) in [5.74, 6) is -2.68. The van der Waals surface area contributed by atoms with Crippen LogP contribution in [0.25, 0.3) is 11.0 Å². The van der Waals surface area contributed by atoms with Crippen LogP contribution in [0.15, 0.2) is 49.2 Å². The van der Waals surface area contributed by atoms with Gasteiger partial charge in [0.1, 0.15) is 23.6 Å². The quantitative estimate of drug-likeness (QED) is 0.378. The molecule has 1 aromatic carbocycles. The normalized spacial score (nSPS) is 10.9. The van der Waals surface area contributed by atoms with Gasteiger partial charge in [-0.25, -0.2) is 18.7 Å². The van der Waals surface area contributed by atoms with Crippen LogP contribution in [0.5, 0.6) is 0 Å². The van der Waals surface area contributed by atoms with Gasteiger partial charge >= 0.3 is 0 Å². The second-order valence-electron chi connectivity index (χ2n) is 5.67. The number of hydrogen-bond donors (Lipinski definition) is 3. The highest BCUT2D eigenvalue weighted by Gasteiger charge is 2.25. The first-order valence-electron chi connectivity index (χ1n) is 7.83. The van der Waals surface area contributed by atoms with Crippen molar-refractivity contribution in [1.29, 1.82) is 0 Å². The standard InChI is InChI=1S/C18H12F2N6O/c19-11-3-4-12(21)15(20)14(11)16(27)10-7-23-17-13(10)18(25-8-24-17)26-9-2-1-5-22-6-9/h1-8H,21H2,(H2,23,24,25,26). The summed E-state index contributed by atoms with van der Waals surface area (Å²) >= 11 is 0. The summed E-state index contributed by atoms with van der Waals surface area (Å²) in [6.07, 6.45) is 5.81. The summed E-state index contributed by atoms with van der Waals surface area (Å²) in [6.45, 7) is 0. The van der Waals surface area contributed by atoms with E-state index in [9.17, 15) is 13.6 Å². The number of nitrogens with zero attached hydrogens (tertiary/aromatic N) is 3. The van der Waals surface area contributed by atoms with Gasteiger partial charge in [0.15, 0.2) is 5.82 Å². The Balaban J connectivity index is 1.86. The lowest BCUT2D eigenvalue weighted by Crippen LogP contribution is -2.10. The number of hydrogen-bond acceptors (Lipinski definition) is 6. The molecule has 0 saturated carbocycles. The lowest BCUT2D eigenvalue weighted by atomic mass is 10.0. The Morgan fingerprint density at radius 2 is 2.04 bits per heavy atom. The molecule has 0 spiro atoms. The summed E-state index contributed by atoms with van der Waals surface area (Å²) in [6, 6.07) is 5.49. The molecule has 0 bridgehead atoms. The number of halogens is 2. The zero-order valence-electron chi connectivity index (χ0n) is 13.7. The first-order valence-corrected chi connectivity index (χ1v) is 7.83. The van der Waals surface area contributed by atoms with Gasteiger partial charge in [-0.15, -0.1) is 0 Å². The van der Waals surface area contributed by atoms with Crippen molar-refractivity contribution >= 4 is 34.0 Å². The summed E-state index contributed by atoms with van der Waals surface area (Å²) in [4.78, 5) is 27.9. The number of fused-ring (bicyclic) bond motifs is 1. The average Bonchev–Trinajstić information content (AvgIpc) is 3.11. The molecule has 0 aliphatic rings. The highest BCUT2D eigenvalue weighted by molar-refractivity contribution is 6.18. The van der Waals surface area contributed by atoms with Gasteiger partial charge < -0.3 is 16.0 Å². The molecule has 0 saturated heterocycles. The van der Waals surface area contributed by atoms with Crippen LogP contribution in [0.2, 0.25) is 0 Å². The van der Waals surface area contributed by atoms with Crippen LogP contribution in [0, 0.1) is 11.6 Å². The molecular weight excluding hydrogens is 354 g/mol. The molecule has 3 heterocycles. The molecule has 0 unspecified atom stereocenters. The van der Waals surface area contributed by atoms with Crippen molar-refractivity contribution in [3.8, 4) is 0 Å². The van der Waals surface area contributed by atoms with Crippen molar-refractivity contribution in [2.24, 2.45) is 0 Å². The van der Waals surface area contributed by atoms with Gasteiger partial charge in [0.2, 0.25) is 5.78 Å². The summed E-state index contributed by atoms with van der Waals surface area (Å²) < 4.78 is 28.4. The Morgan fingerprint density at radius 1 is 1.19 bits per heavy atom. The molecule has 4 rings (SSSR count). The zero-order chi connectivity index (χ0) is 19.0. The topological polar surface area (TPSA) is 110 Å². The van der Waals surface area contributed by atoms with E-state index in [1.54, 1.807) is 24.5 Å². The van der Waals surface area contributed by atoms with Crippen molar-refractivity contribution < 1.29 is 13.6 Å². The van der Waals surface area contributed by atoms with Crippen LogP contribution in [-0.2, 0) is 0 Å². The second kappa shape index (κ2) is 6.45. The minimum atomic E-state index is -1.10. The maximum Gasteiger partial charge on any atom is 0.201 e. The van der Waals surface area contributed by atoms with Gasteiger partial charge in [0.05, 0.1) is 34.1 Å². The molecule has 0 amide bonds. The van der Waals surface area contributed by atoms with E-state index in [0.29, 0.717) is 22.5 Å². The van der Waals surface area contributed by atoms with Crippen LogP contribution in [0.1, 0.15) is 15.9 Å². The second-order valence-corrected chi connectivity index (χ2v) is 5.67. The smallest absolute Gasteiger partial charge is 0.201 e. The number of anilines is 3. The molecule has 0 atom stereocenters. The lowest BCUT2D eigenvalue weighted by molar-refractivity contribution is 0.103. The van der Waals surface area contributed by atoms with E-state index >= 15 is 0 Å². The molecule has 4 N–H and O–H groups in total. The van der Waals surface area contributed by atoms with Crippen LogP contribution in [0.4, 0.5) is 26.0 Å². The predicted molar refractivity (Wildman–Crippen MR) is 95.6 cm³/mol. The van der Waals surface area contributed by atoms with Crippen molar-refractivity contribution in [2.45, 2.75) is 0 Å². The number of benzene rings is 1. The Kier molecular flexibility index (Phi) is 3.96. The maximum atomic E-state index is 14.3. The highest BCUT2D eigenvalue weighted by Crippen LogP contribution is 2.29. The monoisotopic (exact) mass is 366 g/mol. The number of nitrogens with one attached hydrogen (secondary N) is 2. The molecule has 7 nitrogen and oxygen atoms in total. The minimum Gasteiger partial charge on any atom is -0.396 e. The van der Waals surface area contributed by atoms with Gasteiger partial charge in [-0.2, -0.15) is 0 Å². The fraction of sp³-hybridized carbons (Fsp3) is 0. The van der Waals surface area contributed by atoms with Gasteiger partial charge in [0, 0.05) is 12.4 Å². The van der Waals surface area contributed by atoms with Gasteiger partial charge in [-0.1, -0.05) is 0 Å². The number of rotatable bonds is 4. The van der Waals surface area contributed by atoms with Crippen LogP contribution in [0.3, 0.4) is 0 Å². The first-order chi connectivity index (χ1) is 13.1. The van der Waals surface area contributed by atoms with Crippen LogP contribution >= 0.6 is 0 Å². The Bertz CT molecular complexity index is 1160. The number of carbonyl (C=O) groups excluding carboxylic acids is 1. The third kappa shape index (κ3) is 2.84. The molecule has 0 aliphatic carbocycles. The van der Waals surface area contributed by atoms with Gasteiger partial charge in [-0.3, -0.25) is 9.78 Å². The Labute approximate surface area is 151 Å². The molecule has 4 aromatic rings. The number of aromatic nitrogens is 4. The molecule has 3 aromatic heterocycles. The summed E-state index contributed by atoms with van der Waals surface area (Å²) in [5, 5.41) is 3.32. The van der Waals surface area contributed by atoms with Crippen LogP contribution in [-0.4, -0.2) is 25.7 Å². The number of H-pyrrole nitrogens is 1. The zero-order valence-corrected chi connectivity index (χ0v) is 13.7. The highest BCUT2D eigenvalue weighted by atomic mass is 19.1. The first kappa shape index (κ1) is 16.6. The minimum absolute atomic E-state index is 0.0143. The summed E-state index contributed by atoms with van der Waals surface area (Å²) in [5.41, 5.74) is 5.41. The molecule has 0 fully saturated rings. The van der Waals surface area contributed by atoms with Crippen molar-refractivity contribution in [1.82, 2.24) is 19.9 Å². The number of aromatic amines is 1. The van der Waals surface area contributed by atoms with E-state index in [1.165, 1.54) is 12.5 Å². The predicted octanol–water partition coefficient (Wildman–Crippen LogP) is 3.19. The molecule has 0 radical (unpaired) electrons. The van der Waals surface area contributed by atoms with E-state index in [-0.39, 0.29) is 11.3 Å². The van der Waals surface area contributed by atoms with Crippen molar-refractivity contribution in [3.63, 3.8) is 0 Å². The average molecular weight is 366 g/mol. The SMILES string of the molecule is Nc1ccc(F)c(C(=O)c2c[nH]c3ncnc(Nc4cccnc4)c23)c1F. The fourth-order valence-corrected chi connectivity index (χ4v) is 2.72. The lowest BCUT2D eigenvalue weighted by Gasteiger charge is -2.09. The third-order valence-electron chi connectivity index (χ3n) is 3.99. The number of nitrogens with two attached hydrogens (primary N) is 1. The maximum absolute atomic E-state index is 14.3. The van der Waals surface area contributed by atoms with Crippen molar-refractivity contribution in [3.05, 3.63) is 71.9 Å². The molecule has 0 aliphatic heterocycles. The van der Waals surface area contributed by atoms with E-state index in [1.807, 2.05) is 0 Å². The molecule has 9 heteroatoms. The van der Waals surface area contributed by atoms with Gasteiger partial charge in [-0.05, 0) is 24.3 Å². The van der Waals surface area contributed by atoms with E-state index < -0.39 is 23.0 Å². The largest absolute Gasteiger partial charge is 0.396 e.